The van der Waals surface area contributed by atoms with E-state index in [1.54, 1.807) is 0 Å². The molecule has 0 bridgehead atoms. The summed E-state index contributed by atoms with van der Waals surface area (Å²) in [4.78, 5) is 24.1. The lowest BCUT2D eigenvalue weighted by atomic mass is 10.1. The van der Waals surface area contributed by atoms with E-state index in [-0.39, 0.29) is 12.2 Å². The second-order valence-electron chi connectivity index (χ2n) is 5.35. The standard InChI is InChI=1S/C19H30N2O7/c1-5-24-9-10-25-13-17(22)20-21-19(23)14-11-15(26-6-2)18(28-8-4)16(12-14)27-7-3/h11-12H,5-10,13H2,1-4H3,(H,20,22)(H,21,23). The monoisotopic (exact) mass is 398 g/mol. The maximum atomic E-state index is 12.4. The zero-order valence-corrected chi connectivity index (χ0v) is 17.0. The third kappa shape index (κ3) is 8.01. The summed E-state index contributed by atoms with van der Waals surface area (Å²) in [6.07, 6.45) is 0. The van der Waals surface area contributed by atoms with Crippen molar-refractivity contribution in [2.45, 2.75) is 27.7 Å². The van der Waals surface area contributed by atoms with Gasteiger partial charge in [0, 0.05) is 12.2 Å². The fourth-order valence-electron chi connectivity index (χ4n) is 2.18. The second kappa shape index (κ2) is 13.6. The minimum Gasteiger partial charge on any atom is -0.490 e. The Labute approximate surface area is 165 Å². The van der Waals surface area contributed by atoms with E-state index in [4.69, 9.17) is 23.7 Å². The molecule has 158 valence electrons. The van der Waals surface area contributed by atoms with Gasteiger partial charge in [-0.3, -0.25) is 20.4 Å². The fraction of sp³-hybridized carbons (Fsp3) is 0.579. The highest BCUT2D eigenvalue weighted by Crippen LogP contribution is 2.39. The average molecular weight is 398 g/mol. The predicted molar refractivity (Wildman–Crippen MR) is 103 cm³/mol. The van der Waals surface area contributed by atoms with Gasteiger partial charge in [-0.1, -0.05) is 0 Å². The van der Waals surface area contributed by atoms with Gasteiger partial charge in [0.2, 0.25) is 5.75 Å². The normalized spacial score (nSPS) is 10.3. The summed E-state index contributed by atoms with van der Waals surface area (Å²) in [5.41, 5.74) is 4.89. The van der Waals surface area contributed by atoms with Crippen molar-refractivity contribution < 1.29 is 33.3 Å². The lowest BCUT2D eigenvalue weighted by Crippen LogP contribution is -2.43. The number of benzene rings is 1. The van der Waals surface area contributed by atoms with E-state index >= 15 is 0 Å². The third-order valence-electron chi connectivity index (χ3n) is 3.30. The Bertz CT molecular complexity index is 595. The summed E-state index contributed by atoms with van der Waals surface area (Å²) < 4.78 is 27.0. The molecule has 0 saturated heterocycles. The average Bonchev–Trinajstić information content (AvgIpc) is 2.68. The summed E-state index contributed by atoms with van der Waals surface area (Å²) >= 11 is 0. The van der Waals surface area contributed by atoms with Crippen molar-refractivity contribution in [1.29, 1.82) is 0 Å². The molecule has 2 N–H and O–H groups in total. The van der Waals surface area contributed by atoms with Gasteiger partial charge in [-0.25, -0.2) is 0 Å². The Morgan fingerprint density at radius 1 is 0.786 bits per heavy atom. The van der Waals surface area contributed by atoms with Crippen LogP contribution in [0.4, 0.5) is 0 Å². The first kappa shape index (κ1) is 23.5. The number of ether oxygens (including phenoxy) is 5. The predicted octanol–water partition coefficient (Wildman–Crippen LogP) is 1.70. The van der Waals surface area contributed by atoms with Crippen molar-refractivity contribution in [3.63, 3.8) is 0 Å². The molecular weight excluding hydrogens is 368 g/mol. The van der Waals surface area contributed by atoms with Crippen LogP contribution in [0.5, 0.6) is 17.2 Å². The van der Waals surface area contributed by atoms with Gasteiger partial charge in [-0.05, 0) is 39.8 Å². The summed E-state index contributed by atoms with van der Waals surface area (Å²) in [5, 5.41) is 0. The van der Waals surface area contributed by atoms with Gasteiger partial charge in [0.15, 0.2) is 11.5 Å². The van der Waals surface area contributed by atoms with Gasteiger partial charge >= 0.3 is 0 Å². The van der Waals surface area contributed by atoms with Gasteiger partial charge in [0.1, 0.15) is 6.61 Å². The molecule has 0 fully saturated rings. The van der Waals surface area contributed by atoms with Crippen LogP contribution in [0.2, 0.25) is 0 Å². The molecule has 0 radical (unpaired) electrons. The van der Waals surface area contributed by atoms with E-state index in [0.29, 0.717) is 56.9 Å². The second-order valence-corrected chi connectivity index (χ2v) is 5.35. The number of rotatable bonds is 13. The zero-order valence-electron chi connectivity index (χ0n) is 17.0. The van der Waals surface area contributed by atoms with Gasteiger partial charge in [0.05, 0.1) is 33.0 Å². The molecule has 1 rings (SSSR count). The maximum absolute atomic E-state index is 12.4. The number of carbonyl (C=O) groups excluding carboxylic acids is 2. The molecule has 0 atom stereocenters. The molecule has 0 unspecified atom stereocenters. The highest BCUT2D eigenvalue weighted by atomic mass is 16.5. The van der Waals surface area contributed by atoms with Crippen molar-refractivity contribution in [1.82, 2.24) is 10.9 Å². The molecule has 0 aromatic heterocycles. The van der Waals surface area contributed by atoms with Gasteiger partial charge in [-0.2, -0.15) is 0 Å². The molecule has 0 aliphatic heterocycles. The summed E-state index contributed by atoms with van der Waals surface area (Å²) in [7, 11) is 0. The summed E-state index contributed by atoms with van der Waals surface area (Å²) in [6, 6.07) is 3.08. The van der Waals surface area contributed by atoms with E-state index in [9.17, 15) is 9.59 Å². The molecule has 1 aromatic carbocycles. The minimum absolute atomic E-state index is 0.189. The molecule has 9 heteroatoms. The first-order chi connectivity index (χ1) is 13.6. The number of hydrogen-bond donors (Lipinski definition) is 2. The number of amides is 2. The Morgan fingerprint density at radius 3 is 1.89 bits per heavy atom. The third-order valence-corrected chi connectivity index (χ3v) is 3.30. The van der Waals surface area contributed by atoms with E-state index in [2.05, 4.69) is 10.9 Å². The largest absolute Gasteiger partial charge is 0.490 e. The molecule has 0 heterocycles. The lowest BCUT2D eigenvalue weighted by molar-refractivity contribution is -0.127. The molecule has 0 spiro atoms. The smallest absolute Gasteiger partial charge is 0.269 e. The quantitative estimate of drug-likeness (QED) is 0.385. The summed E-state index contributed by atoms with van der Waals surface area (Å²) in [5.74, 6) is 0.227. The van der Waals surface area contributed by atoms with Crippen LogP contribution in [-0.4, -0.2) is 58.1 Å². The van der Waals surface area contributed by atoms with E-state index in [1.807, 2.05) is 27.7 Å². The first-order valence-corrected chi connectivity index (χ1v) is 9.38. The highest BCUT2D eigenvalue weighted by molar-refractivity contribution is 5.96. The van der Waals surface area contributed by atoms with Crippen LogP contribution in [0.1, 0.15) is 38.1 Å². The fourth-order valence-corrected chi connectivity index (χ4v) is 2.18. The van der Waals surface area contributed by atoms with Gasteiger partial charge < -0.3 is 23.7 Å². The summed E-state index contributed by atoms with van der Waals surface area (Å²) in [6.45, 7) is 9.68. The van der Waals surface area contributed by atoms with Crippen LogP contribution in [0, 0.1) is 0 Å². The van der Waals surface area contributed by atoms with Crippen molar-refractivity contribution in [2.24, 2.45) is 0 Å². The molecule has 28 heavy (non-hydrogen) atoms. The van der Waals surface area contributed by atoms with Crippen LogP contribution in [0.15, 0.2) is 12.1 Å². The van der Waals surface area contributed by atoms with Crippen LogP contribution < -0.4 is 25.1 Å². The van der Waals surface area contributed by atoms with E-state index in [1.165, 1.54) is 12.1 Å². The Kier molecular flexibility index (Phi) is 11.4. The van der Waals surface area contributed by atoms with Crippen LogP contribution in [-0.2, 0) is 14.3 Å². The van der Waals surface area contributed by atoms with Crippen molar-refractivity contribution in [3.05, 3.63) is 17.7 Å². The number of carbonyl (C=O) groups is 2. The molecule has 1 aromatic rings. The van der Waals surface area contributed by atoms with Crippen molar-refractivity contribution >= 4 is 11.8 Å². The molecule has 0 aliphatic rings. The molecule has 9 nitrogen and oxygen atoms in total. The highest BCUT2D eigenvalue weighted by Gasteiger charge is 2.18. The van der Waals surface area contributed by atoms with Crippen LogP contribution in [0.3, 0.4) is 0 Å². The van der Waals surface area contributed by atoms with Crippen molar-refractivity contribution in [2.75, 3.05) is 46.2 Å². The zero-order chi connectivity index (χ0) is 20.8. The van der Waals surface area contributed by atoms with E-state index < -0.39 is 11.8 Å². The number of nitrogens with one attached hydrogen (secondary N) is 2. The maximum Gasteiger partial charge on any atom is 0.269 e. The minimum atomic E-state index is -0.521. The number of hydrazine groups is 1. The molecule has 2 amide bonds. The van der Waals surface area contributed by atoms with Crippen LogP contribution in [0.25, 0.3) is 0 Å². The molecule has 0 saturated carbocycles. The van der Waals surface area contributed by atoms with Crippen molar-refractivity contribution in [3.8, 4) is 17.2 Å². The molecular formula is C19H30N2O7. The Balaban J connectivity index is 2.74. The molecule has 0 aliphatic carbocycles. The Morgan fingerprint density at radius 2 is 1.36 bits per heavy atom. The topological polar surface area (TPSA) is 104 Å². The van der Waals surface area contributed by atoms with E-state index in [0.717, 1.165) is 0 Å². The number of hydrogen-bond acceptors (Lipinski definition) is 7. The first-order valence-electron chi connectivity index (χ1n) is 9.38. The lowest BCUT2D eigenvalue weighted by Gasteiger charge is -2.17. The van der Waals surface area contributed by atoms with Gasteiger partial charge in [0.25, 0.3) is 11.8 Å². The van der Waals surface area contributed by atoms with Gasteiger partial charge in [-0.15, -0.1) is 0 Å². The SMILES string of the molecule is CCOCCOCC(=O)NNC(=O)c1cc(OCC)c(OCC)c(OCC)c1. The van der Waals surface area contributed by atoms with Crippen LogP contribution >= 0.6 is 0 Å². The Hall–Kier alpha value is -2.52.